The van der Waals surface area contributed by atoms with Gasteiger partial charge in [-0.3, -0.25) is 5.43 Å². The van der Waals surface area contributed by atoms with Crippen LogP contribution in [0.5, 0.6) is 0 Å². The predicted molar refractivity (Wildman–Crippen MR) is 78.9 cm³/mol. The third kappa shape index (κ3) is 3.40. The molecule has 0 aliphatic carbocycles. The number of aromatic nitrogens is 1. The van der Waals surface area contributed by atoms with Crippen molar-refractivity contribution in [1.82, 2.24) is 9.82 Å². The van der Waals surface area contributed by atoms with Crippen LogP contribution in [0.4, 0.5) is 5.82 Å². The highest BCUT2D eigenvalue weighted by atomic mass is 32.2. The van der Waals surface area contributed by atoms with Crippen LogP contribution in [-0.2, 0) is 10.0 Å². The van der Waals surface area contributed by atoms with Gasteiger partial charge in [0.15, 0.2) is 0 Å². The number of nitrogens with zero attached hydrogens (tertiary/aromatic N) is 2. The molecule has 0 aliphatic rings. The Morgan fingerprint density at radius 2 is 2.18 bits per heavy atom. The lowest BCUT2D eigenvalue weighted by molar-refractivity contribution is 0.0701. The summed E-state index contributed by atoms with van der Waals surface area (Å²) < 4.78 is 24.1. The van der Waals surface area contributed by atoms with Crippen LogP contribution in [0, 0.1) is 18.3 Å². The van der Waals surface area contributed by atoms with Gasteiger partial charge in [-0.25, -0.2) is 18.2 Å². The van der Waals surface area contributed by atoms with Gasteiger partial charge in [-0.05, 0) is 30.7 Å². The van der Waals surface area contributed by atoms with Crippen molar-refractivity contribution in [2.24, 2.45) is 0 Å². The number of rotatable bonds is 5. The number of carboxylic acids is 1. The lowest BCUT2D eigenvalue weighted by atomic mass is 10.3. The monoisotopic (exact) mass is 338 g/mol. The summed E-state index contributed by atoms with van der Waals surface area (Å²) in [5, 5.41) is 17.7. The van der Waals surface area contributed by atoms with Gasteiger partial charge >= 0.3 is 5.97 Å². The fourth-order valence-electron chi connectivity index (χ4n) is 1.53. The molecule has 0 atom stereocenters. The van der Waals surface area contributed by atoms with Crippen LogP contribution in [0.3, 0.4) is 0 Å². The Balaban J connectivity index is 2.19. The summed E-state index contributed by atoms with van der Waals surface area (Å²) in [6.07, 6.45) is 0. The Morgan fingerprint density at radius 3 is 2.77 bits per heavy atom. The number of thiophene rings is 1. The van der Waals surface area contributed by atoms with Gasteiger partial charge in [-0.1, -0.05) is 6.07 Å². The lowest BCUT2D eigenvalue weighted by Gasteiger charge is -2.07. The number of hydrogen-bond donors (Lipinski definition) is 3. The van der Waals surface area contributed by atoms with Crippen molar-refractivity contribution in [3.05, 3.63) is 40.4 Å². The van der Waals surface area contributed by atoms with E-state index < -0.39 is 16.0 Å². The summed E-state index contributed by atoms with van der Waals surface area (Å²) in [5.41, 5.74) is 2.87. The Kier molecular flexibility index (Phi) is 4.41. The summed E-state index contributed by atoms with van der Waals surface area (Å²) in [7, 11) is -3.94. The van der Waals surface area contributed by atoms with Gasteiger partial charge in [0.2, 0.25) is 0 Å². The smallest absolute Gasteiger partial charge is 0.346 e. The SMILES string of the molecule is Cc1cc(S(=O)(=O)NNc2cccc(C#N)n2)sc1C(=O)O. The van der Waals surface area contributed by atoms with E-state index in [0.717, 1.165) is 0 Å². The number of hydrazine groups is 1. The average molecular weight is 338 g/mol. The number of anilines is 1. The van der Waals surface area contributed by atoms with Crippen LogP contribution in [0.1, 0.15) is 20.9 Å². The zero-order valence-corrected chi connectivity index (χ0v) is 12.8. The van der Waals surface area contributed by atoms with Gasteiger partial charge in [-0.2, -0.15) is 5.26 Å². The molecule has 0 amide bonds. The minimum Gasteiger partial charge on any atom is -0.477 e. The molecule has 0 saturated heterocycles. The van der Waals surface area contributed by atoms with Crippen molar-refractivity contribution in [1.29, 1.82) is 5.26 Å². The molecular formula is C12H10N4O4S2. The molecule has 10 heteroatoms. The molecular weight excluding hydrogens is 328 g/mol. The van der Waals surface area contributed by atoms with E-state index in [0.29, 0.717) is 16.9 Å². The van der Waals surface area contributed by atoms with E-state index >= 15 is 0 Å². The highest BCUT2D eigenvalue weighted by molar-refractivity contribution is 7.91. The van der Waals surface area contributed by atoms with Crippen LogP contribution < -0.4 is 10.3 Å². The lowest BCUT2D eigenvalue weighted by Crippen LogP contribution is -2.29. The van der Waals surface area contributed by atoms with Crippen molar-refractivity contribution < 1.29 is 18.3 Å². The largest absolute Gasteiger partial charge is 0.477 e. The van der Waals surface area contributed by atoms with Crippen molar-refractivity contribution in [2.45, 2.75) is 11.1 Å². The first kappa shape index (κ1) is 15.9. The Bertz CT molecular complexity index is 867. The number of carbonyl (C=O) groups is 1. The van der Waals surface area contributed by atoms with Crippen LogP contribution in [0.25, 0.3) is 0 Å². The fourth-order valence-corrected chi connectivity index (χ4v) is 3.76. The van der Waals surface area contributed by atoms with E-state index in [1.54, 1.807) is 6.07 Å². The summed E-state index contributed by atoms with van der Waals surface area (Å²) in [6, 6.07) is 7.60. The summed E-state index contributed by atoms with van der Waals surface area (Å²) in [4.78, 5) is 16.9. The van der Waals surface area contributed by atoms with E-state index in [1.165, 1.54) is 25.1 Å². The Morgan fingerprint density at radius 1 is 1.45 bits per heavy atom. The maximum absolute atomic E-state index is 12.1. The van der Waals surface area contributed by atoms with Crippen LogP contribution in [-0.4, -0.2) is 24.5 Å². The molecule has 2 aromatic heterocycles. The number of sulfonamides is 1. The van der Waals surface area contributed by atoms with Gasteiger partial charge in [-0.15, -0.1) is 16.2 Å². The Labute approximate surface area is 130 Å². The molecule has 2 rings (SSSR count). The molecule has 114 valence electrons. The van der Waals surface area contributed by atoms with E-state index in [4.69, 9.17) is 10.4 Å². The summed E-state index contributed by atoms with van der Waals surface area (Å²) in [6.45, 7) is 1.52. The van der Waals surface area contributed by atoms with E-state index in [9.17, 15) is 13.2 Å². The quantitative estimate of drug-likeness (QED) is 0.700. The molecule has 8 nitrogen and oxygen atoms in total. The second-order valence-electron chi connectivity index (χ2n) is 4.13. The fraction of sp³-hybridized carbons (Fsp3) is 0.0833. The number of pyridine rings is 1. The number of nitriles is 1. The third-order valence-electron chi connectivity index (χ3n) is 2.53. The van der Waals surface area contributed by atoms with Gasteiger partial charge in [0.1, 0.15) is 26.7 Å². The molecule has 3 N–H and O–H groups in total. The molecule has 0 bridgehead atoms. The van der Waals surface area contributed by atoms with Gasteiger partial charge in [0, 0.05) is 0 Å². The van der Waals surface area contributed by atoms with Crippen molar-refractivity contribution in [3.63, 3.8) is 0 Å². The first-order chi connectivity index (χ1) is 10.3. The zero-order valence-electron chi connectivity index (χ0n) is 11.2. The number of hydrogen-bond acceptors (Lipinski definition) is 7. The first-order valence-corrected chi connectivity index (χ1v) is 8.12. The molecule has 2 heterocycles. The summed E-state index contributed by atoms with van der Waals surface area (Å²) in [5.74, 6) is -1.03. The first-order valence-electron chi connectivity index (χ1n) is 5.82. The van der Waals surface area contributed by atoms with Gasteiger partial charge in [0.25, 0.3) is 10.0 Å². The number of aromatic carboxylic acids is 1. The molecule has 0 aromatic carbocycles. The normalized spacial score (nSPS) is 10.9. The number of nitrogens with one attached hydrogen (secondary N) is 2. The second kappa shape index (κ2) is 6.10. The van der Waals surface area contributed by atoms with Gasteiger partial charge in [0.05, 0.1) is 0 Å². The van der Waals surface area contributed by atoms with E-state index in [2.05, 4.69) is 15.2 Å². The van der Waals surface area contributed by atoms with Crippen molar-refractivity contribution >= 4 is 33.1 Å². The second-order valence-corrected chi connectivity index (χ2v) is 7.09. The summed E-state index contributed by atoms with van der Waals surface area (Å²) >= 11 is 0.655. The van der Waals surface area contributed by atoms with Crippen molar-refractivity contribution in [3.8, 4) is 6.07 Å². The third-order valence-corrected chi connectivity index (χ3v) is 5.48. The van der Waals surface area contributed by atoms with E-state index in [1.807, 2.05) is 6.07 Å². The molecule has 0 radical (unpaired) electrons. The molecule has 22 heavy (non-hydrogen) atoms. The van der Waals surface area contributed by atoms with Crippen LogP contribution >= 0.6 is 11.3 Å². The average Bonchev–Trinajstić information content (AvgIpc) is 2.88. The molecule has 0 spiro atoms. The minimum absolute atomic E-state index is 0.0371. The van der Waals surface area contributed by atoms with Crippen LogP contribution in [0.2, 0.25) is 0 Å². The topological polar surface area (TPSA) is 132 Å². The Hall–Kier alpha value is -2.48. The number of aryl methyl sites for hydroxylation is 1. The maximum atomic E-state index is 12.1. The van der Waals surface area contributed by atoms with Crippen molar-refractivity contribution in [2.75, 3.05) is 5.43 Å². The molecule has 0 fully saturated rings. The molecule has 0 unspecified atom stereocenters. The zero-order chi connectivity index (χ0) is 16.3. The maximum Gasteiger partial charge on any atom is 0.346 e. The molecule has 0 aliphatic heterocycles. The highest BCUT2D eigenvalue weighted by Crippen LogP contribution is 2.25. The molecule has 0 saturated carbocycles. The minimum atomic E-state index is -3.94. The highest BCUT2D eigenvalue weighted by Gasteiger charge is 2.21. The number of carboxylic acid groups (broad SMARTS) is 1. The molecule has 2 aromatic rings. The van der Waals surface area contributed by atoms with E-state index in [-0.39, 0.29) is 20.6 Å². The predicted octanol–water partition coefficient (Wildman–Crippen LogP) is 1.33. The standard InChI is InChI=1S/C12H10N4O4S2/c1-7-5-10(21-11(7)12(17)18)22(19,20)16-15-9-4-2-3-8(6-13)14-9/h2-5,16H,1H3,(H,14,15)(H,17,18). The van der Waals surface area contributed by atoms with Gasteiger partial charge < -0.3 is 5.11 Å². The van der Waals surface area contributed by atoms with Crippen LogP contribution in [0.15, 0.2) is 28.5 Å².